The Morgan fingerprint density at radius 1 is 1.21 bits per heavy atom. The second-order valence-electron chi connectivity index (χ2n) is 7.57. The van der Waals surface area contributed by atoms with Crippen LogP contribution in [-0.2, 0) is 11.2 Å². The number of amides is 1. The summed E-state index contributed by atoms with van der Waals surface area (Å²) in [5.41, 5.74) is 7.18. The fraction of sp³-hybridized carbons (Fsp3) is 0.632. The van der Waals surface area contributed by atoms with E-state index in [2.05, 4.69) is 20.8 Å². The van der Waals surface area contributed by atoms with Crippen LogP contribution < -0.4 is 10.5 Å². The third-order valence-electron chi connectivity index (χ3n) is 3.98. The van der Waals surface area contributed by atoms with Gasteiger partial charge in [0.1, 0.15) is 5.75 Å². The van der Waals surface area contributed by atoms with Crippen LogP contribution in [0.2, 0.25) is 0 Å². The summed E-state index contributed by atoms with van der Waals surface area (Å²) in [5, 5.41) is 0. The van der Waals surface area contributed by atoms with Crippen LogP contribution in [0.3, 0.4) is 0 Å². The number of hydrogen-bond acceptors (Lipinski definition) is 3. The molecule has 138 valence electrons. The van der Waals surface area contributed by atoms with Crippen LogP contribution in [0.5, 0.6) is 5.75 Å². The summed E-state index contributed by atoms with van der Waals surface area (Å²) in [6, 6.07) is 7.87. The Bertz CT molecular complexity index is 495. The van der Waals surface area contributed by atoms with Crippen molar-refractivity contribution in [1.82, 2.24) is 4.90 Å². The first-order valence-corrected chi connectivity index (χ1v) is 8.31. The van der Waals surface area contributed by atoms with Crippen molar-refractivity contribution < 1.29 is 9.53 Å². The smallest absolute Gasteiger partial charge is 0.226 e. The summed E-state index contributed by atoms with van der Waals surface area (Å²) in [6.07, 6.45) is 0.831. The first-order valence-electron chi connectivity index (χ1n) is 8.31. The summed E-state index contributed by atoms with van der Waals surface area (Å²) in [5.74, 6) is 0.832. The number of carbonyl (C=O) groups excluding carboxylic acids is 1. The Hall–Kier alpha value is -1.26. The molecule has 0 fully saturated rings. The van der Waals surface area contributed by atoms with Gasteiger partial charge < -0.3 is 15.4 Å². The van der Waals surface area contributed by atoms with Gasteiger partial charge in [-0.15, -0.1) is 12.4 Å². The average molecular weight is 357 g/mol. The Balaban J connectivity index is 0.00000529. The lowest BCUT2D eigenvalue weighted by molar-refractivity contribution is -0.136. The van der Waals surface area contributed by atoms with E-state index < -0.39 is 0 Å². The predicted molar refractivity (Wildman–Crippen MR) is 103 cm³/mol. The van der Waals surface area contributed by atoms with E-state index in [1.807, 2.05) is 43.0 Å². The Kier molecular flexibility index (Phi) is 9.38. The van der Waals surface area contributed by atoms with E-state index in [0.29, 0.717) is 6.54 Å². The summed E-state index contributed by atoms with van der Waals surface area (Å²) in [7, 11) is 1.66. The van der Waals surface area contributed by atoms with Gasteiger partial charge in [0.25, 0.3) is 0 Å². The third kappa shape index (κ3) is 7.54. The van der Waals surface area contributed by atoms with Crippen molar-refractivity contribution >= 4 is 18.3 Å². The Morgan fingerprint density at radius 3 is 2.17 bits per heavy atom. The highest BCUT2D eigenvalue weighted by Gasteiger charge is 2.26. The van der Waals surface area contributed by atoms with Gasteiger partial charge in [0, 0.05) is 19.1 Å². The first-order chi connectivity index (χ1) is 10.6. The second kappa shape index (κ2) is 9.90. The molecule has 0 saturated carbocycles. The molecular formula is C19H33ClN2O2. The highest BCUT2D eigenvalue weighted by molar-refractivity contribution is 5.85. The molecule has 1 aromatic rings. The summed E-state index contributed by atoms with van der Waals surface area (Å²) >= 11 is 0. The van der Waals surface area contributed by atoms with Crippen molar-refractivity contribution in [3.8, 4) is 5.75 Å². The number of nitrogens with two attached hydrogens (primary N) is 1. The van der Waals surface area contributed by atoms with Gasteiger partial charge in [0.2, 0.25) is 5.91 Å². The number of carbonyl (C=O) groups is 1. The minimum absolute atomic E-state index is 0. The summed E-state index contributed by atoms with van der Waals surface area (Å²) in [4.78, 5) is 14.7. The van der Waals surface area contributed by atoms with Crippen LogP contribution in [0.4, 0.5) is 0 Å². The molecule has 1 aromatic carbocycles. The monoisotopic (exact) mass is 356 g/mol. The van der Waals surface area contributed by atoms with Crippen LogP contribution in [0, 0.1) is 11.3 Å². The number of rotatable bonds is 7. The lowest BCUT2D eigenvalue weighted by Gasteiger charge is -2.33. The molecule has 0 radical (unpaired) electrons. The highest BCUT2D eigenvalue weighted by atomic mass is 35.5. The minimum Gasteiger partial charge on any atom is -0.497 e. The van der Waals surface area contributed by atoms with Crippen molar-refractivity contribution in [3.63, 3.8) is 0 Å². The molecule has 0 saturated heterocycles. The Labute approximate surface area is 153 Å². The predicted octanol–water partition coefficient (Wildman–Crippen LogP) is 3.52. The van der Waals surface area contributed by atoms with E-state index in [1.165, 1.54) is 5.56 Å². The molecule has 2 N–H and O–H groups in total. The molecule has 0 heterocycles. The van der Waals surface area contributed by atoms with Crippen LogP contribution in [0.15, 0.2) is 24.3 Å². The van der Waals surface area contributed by atoms with Gasteiger partial charge in [-0.2, -0.15) is 0 Å². The fourth-order valence-corrected chi connectivity index (χ4v) is 2.41. The van der Waals surface area contributed by atoms with E-state index in [4.69, 9.17) is 10.5 Å². The van der Waals surface area contributed by atoms with Crippen molar-refractivity contribution in [2.75, 3.05) is 20.2 Å². The number of benzene rings is 1. The van der Waals surface area contributed by atoms with Crippen LogP contribution >= 0.6 is 12.4 Å². The van der Waals surface area contributed by atoms with Crippen molar-refractivity contribution in [2.45, 2.75) is 47.1 Å². The quantitative estimate of drug-likeness (QED) is 0.813. The molecule has 1 amide bonds. The lowest BCUT2D eigenvalue weighted by atomic mass is 9.94. The van der Waals surface area contributed by atoms with Gasteiger partial charge in [-0.1, -0.05) is 39.8 Å². The molecule has 0 aliphatic heterocycles. The lowest BCUT2D eigenvalue weighted by Crippen LogP contribution is -2.45. The number of nitrogens with zero attached hydrogens (tertiary/aromatic N) is 1. The summed E-state index contributed by atoms with van der Waals surface area (Å²) < 4.78 is 5.18. The highest BCUT2D eigenvalue weighted by Crippen LogP contribution is 2.19. The van der Waals surface area contributed by atoms with E-state index in [-0.39, 0.29) is 35.7 Å². The van der Waals surface area contributed by atoms with Crippen LogP contribution in [0.1, 0.15) is 40.2 Å². The average Bonchev–Trinajstić information content (AvgIpc) is 2.49. The van der Waals surface area contributed by atoms with E-state index in [9.17, 15) is 4.79 Å². The van der Waals surface area contributed by atoms with Crippen LogP contribution in [0.25, 0.3) is 0 Å². The van der Waals surface area contributed by atoms with Crippen molar-refractivity contribution in [1.29, 1.82) is 0 Å². The van der Waals surface area contributed by atoms with Gasteiger partial charge in [-0.3, -0.25) is 4.79 Å². The topological polar surface area (TPSA) is 55.6 Å². The minimum atomic E-state index is -0.159. The van der Waals surface area contributed by atoms with Crippen molar-refractivity contribution in [3.05, 3.63) is 29.8 Å². The standard InChI is InChI=1S/C19H32N2O2.ClH/c1-14(15(2)20)18(22)21(13-19(3,4)5)12-11-16-7-9-17(23-6)10-8-16;/h7-10,14-15H,11-13,20H2,1-6H3;1H. The van der Waals surface area contributed by atoms with Crippen LogP contribution in [-0.4, -0.2) is 37.0 Å². The van der Waals surface area contributed by atoms with E-state index in [0.717, 1.165) is 18.7 Å². The van der Waals surface area contributed by atoms with Gasteiger partial charge in [0.15, 0.2) is 0 Å². The molecular weight excluding hydrogens is 324 g/mol. The molecule has 0 aromatic heterocycles. The van der Waals surface area contributed by atoms with E-state index >= 15 is 0 Å². The number of methoxy groups -OCH3 is 1. The SMILES string of the molecule is COc1ccc(CCN(CC(C)(C)C)C(=O)C(C)C(C)N)cc1.Cl. The maximum Gasteiger partial charge on any atom is 0.226 e. The molecule has 0 bridgehead atoms. The molecule has 0 aliphatic rings. The number of ether oxygens (including phenoxy) is 1. The zero-order valence-electron chi connectivity index (χ0n) is 15.8. The molecule has 4 nitrogen and oxygen atoms in total. The summed E-state index contributed by atoms with van der Waals surface area (Å²) in [6.45, 7) is 11.7. The first kappa shape index (κ1) is 22.7. The number of halogens is 1. The zero-order valence-corrected chi connectivity index (χ0v) is 16.7. The maximum atomic E-state index is 12.7. The molecule has 0 spiro atoms. The maximum absolute atomic E-state index is 12.7. The third-order valence-corrected chi connectivity index (χ3v) is 3.98. The van der Waals surface area contributed by atoms with Gasteiger partial charge >= 0.3 is 0 Å². The van der Waals surface area contributed by atoms with Gasteiger partial charge in [0.05, 0.1) is 13.0 Å². The molecule has 2 unspecified atom stereocenters. The Morgan fingerprint density at radius 2 is 1.75 bits per heavy atom. The van der Waals surface area contributed by atoms with E-state index in [1.54, 1.807) is 7.11 Å². The largest absolute Gasteiger partial charge is 0.497 e. The molecule has 2 atom stereocenters. The van der Waals surface area contributed by atoms with Gasteiger partial charge in [-0.05, 0) is 36.5 Å². The zero-order chi connectivity index (χ0) is 17.6. The van der Waals surface area contributed by atoms with Crippen molar-refractivity contribution in [2.24, 2.45) is 17.1 Å². The molecule has 1 rings (SSSR count). The number of hydrogen-bond donors (Lipinski definition) is 1. The normalized spacial score (nSPS) is 13.6. The molecule has 0 aliphatic carbocycles. The van der Waals surface area contributed by atoms with Gasteiger partial charge in [-0.25, -0.2) is 0 Å². The fourth-order valence-electron chi connectivity index (χ4n) is 2.41. The molecule has 24 heavy (non-hydrogen) atoms. The molecule has 5 heteroatoms. The second-order valence-corrected chi connectivity index (χ2v) is 7.57.